The van der Waals surface area contributed by atoms with Crippen LogP contribution in [0.25, 0.3) is 0 Å². The van der Waals surface area contributed by atoms with E-state index < -0.39 is 30.9 Å². The SMILES string of the molecule is CC1(C)C2CCC13C[Te](F)(c1ccc(C(F)(F)F)cc1)OC3C2. The molecule has 128 valence electrons. The minimum absolute atomic E-state index is 0.0373. The van der Waals surface area contributed by atoms with Gasteiger partial charge in [-0.3, -0.25) is 0 Å². The Labute approximate surface area is 138 Å². The standard InChI is InChI=1S/C17H20F4OTe/c1-15(2)12-7-8-16(15)10-23(21,22-14(16)9-12)13-5-3-11(4-6-13)17(18,19)20/h3-6,12,14H,7-10H2,1-2H3. The van der Waals surface area contributed by atoms with Gasteiger partial charge in [0.05, 0.1) is 0 Å². The van der Waals surface area contributed by atoms with Gasteiger partial charge in [-0.25, -0.2) is 0 Å². The molecule has 1 aliphatic heterocycles. The summed E-state index contributed by atoms with van der Waals surface area (Å²) in [6.45, 7) is 4.43. The zero-order valence-corrected chi connectivity index (χ0v) is 15.5. The number of alkyl halides is 3. The van der Waals surface area contributed by atoms with E-state index in [0.29, 0.717) is 14.0 Å². The normalized spacial score (nSPS) is 44.1. The molecule has 2 saturated carbocycles. The summed E-state index contributed by atoms with van der Waals surface area (Å²) in [7, 11) is 0. The number of hydrogen-bond acceptors (Lipinski definition) is 1. The summed E-state index contributed by atoms with van der Waals surface area (Å²) in [4.78, 5) is 0. The van der Waals surface area contributed by atoms with Crippen LogP contribution >= 0.6 is 0 Å². The first-order valence-corrected chi connectivity index (χ1v) is 12.6. The molecule has 0 aromatic heterocycles. The molecule has 23 heavy (non-hydrogen) atoms. The van der Waals surface area contributed by atoms with Gasteiger partial charge in [-0.2, -0.15) is 0 Å². The predicted molar refractivity (Wildman–Crippen MR) is 81.2 cm³/mol. The number of benzene rings is 1. The molecular weight excluding hydrogens is 424 g/mol. The molecule has 2 bridgehead atoms. The van der Waals surface area contributed by atoms with E-state index in [1.165, 1.54) is 12.1 Å². The van der Waals surface area contributed by atoms with Crippen molar-refractivity contribution in [3.63, 3.8) is 0 Å². The molecule has 1 heterocycles. The predicted octanol–water partition coefficient (Wildman–Crippen LogP) is 4.55. The summed E-state index contributed by atoms with van der Waals surface area (Å²) >= 11 is -4.29. The van der Waals surface area contributed by atoms with Crippen LogP contribution in [0.15, 0.2) is 24.3 Å². The fourth-order valence-electron chi connectivity index (χ4n) is 5.01. The molecule has 4 atom stereocenters. The van der Waals surface area contributed by atoms with Crippen LogP contribution in [-0.4, -0.2) is 25.3 Å². The van der Waals surface area contributed by atoms with Gasteiger partial charge in [0.1, 0.15) is 0 Å². The Hall–Kier alpha value is -0.310. The van der Waals surface area contributed by atoms with Crippen LogP contribution in [0.4, 0.5) is 16.1 Å². The molecule has 1 nitrogen and oxygen atoms in total. The van der Waals surface area contributed by atoms with E-state index in [-0.39, 0.29) is 16.9 Å². The first kappa shape index (κ1) is 16.2. The number of hydrogen-bond donors (Lipinski definition) is 0. The van der Waals surface area contributed by atoms with E-state index in [9.17, 15) is 13.2 Å². The maximum absolute atomic E-state index is 15.7. The molecular formula is C17H20F4OTe. The Morgan fingerprint density at radius 3 is 2.35 bits per heavy atom. The van der Waals surface area contributed by atoms with Crippen molar-refractivity contribution >= 4 is 22.8 Å². The number of fused-ring (bicyclic) bond motifs is 1. The molecule has 2 aliphatic carbocycles. The van der Waals surface area contributed by atoms with Crippen LogP contribution in [0.2, 0.25) is 4.47 Å². The van der Waals surface area contributed by atoms with Gasteiger partial charge < -0.3 is 0 Å². The van der Waals surface area contributed by atoms with Crippen LogP contribution in [0.5, 0.6) is 0 Å². The van der Waals surface area contributed by atoms with Gasteiger partial charge in [-0.05, 0) is 0 Å². The second-order valence-electron chi connectivity index (χ2n) is 7.70. The Morgan fingerprint density at radius 2 is 1.83 bits per heavy atom. The third kappa shape index (κ3) is 2.07. The Balaban J connectivity index is 1.66. The van der Waals surface area contributed by atoms with E-state index in [0.717, 1.165) is 31.4 Å². The average Bonchev–Trinajstić information content (AvgIpc) is 2.98. The van der Waals surface area contributed by atoms with Gasteiger partial charge in [0.15, 0.2) is 0 Å². The Morgan fingerprint density at radius 1 is 1.17 bits per heavy atom. The van der Waals surface area contributed by atoms with E-state index in [1.807, 2.05) is 0 Å². The summed E-state index contributed by atoms with van der Waals surface area (Å²) < 4.78 is 60.6. The first-order valence-electron chi connectivity index (χ1n) is 7.95. The molecule has 0 N–H and O–H groups in total. The summed E-state index contributed by atoms with van der Waals surface area (Å²) in [5.74, 6) is 0.590. The zero-order chi connectivity index (χ0) is 16.7. The van der Waals surface area contributed by atoms with Crippen molar-refractivity contribution in [2.24, 2.45) is 16.7 Å². The molecule has 1 aromatic rings. The van der Waals surface area contributed by atoms with E-state index >= 15 is 2.89 Å². The fourth-order valence-corrected chi connectivity index (χ4v) is 13.2. The van der Waals surface area contributed by atoms with E-state index in [2.05, 4.69) is 13.8 Å². The second kappa shape index (κ2) is 4.65. The van der Waals surface area contributed by atoms with Crippen molar-refractivity contribution in [3.8, 4) is 0 Å². The minimum atomic E-state index is -4.39. The van der Waals surface area contributed by atoms with Gasteiger partial charge in [0, 0.05) is 0 Å². The molecule has 1 saturated heterocycles. The molecule has 1 aromatic carbocycles. The molecule has 0 amide bonds. The van der Waals surface area contributed by atoms with Crippen molar-refractivity contribution < 1.29 is 19.2 Å². The van der Waals surface area contributed by atoms with Gasteiger partial charge in [0.25, 0.3) is 0 Å². The molecule has 6 heteroatoms. The third-order valence-electron chi connectivity index (χ3n) is 6.60. The maximum atomic E-state index is 15.7. The average molecular weight is 444 g/mol. The van der Waals surface area contributed by atoms with E-state index in [4.69, 9.17) is 3.10 Å². The summed E-state index contributed by atoms with van der Waals surface area (Å²) in [6, 6.07) is 4.59. The fraction of sp³-hybridized carbons (Fsp3) is 0.647. The number of rotatable bonds is 1. The Kier molecular flexibility index (Phi) is 3.27. The first-order chi connectivity index (χ1) is 10.6. The second-order valence-corrected chi connectivity index (χ2v) is 13.8. The quantitative estimate of drug-likeness (QED) is 0.457. The Bertz CT molecular complexity index is 641. The van der Waals surface area contributed by atoms with Crippen LogP contribution in [-0.2, 0) is 9.28 Å². The van der Waals surface area contributed by atoms with Crippen molar-refractivity contribution in [2.45, 2.75) is 49.9 Å². The molecule has 3 fully saturated rings. The zero-order valence-electron chi connectivity index (χ0n) is 13.1. The molecule has 3 aliphatic rings. The summed E-state index contributed by atoms with van der Waals surface area (Å²) in [5, 5.41) is 0. The molecule has 1 spiro atoms. The molecule has 4 rings (SSSR count). The van der Waals surface area contributed by atoms with Gasteiger partial charge >= 0.3 is 138 Å². The summed E-state index contributed by atoms with van der Waals surface area (Å²) in [6.07, 6.45) is -1.40. The van der Waals surface area contributed by atoms with Gasteiger partial charge in [-0.1, -0.05) is 0 Å². The monoisotopic (exact) mass is 446 g/mol. The summed E-state index contributed by atoms with van der Waals surface area (Å²) in [5.41, 5.74) is -0.759. The van der Waals surface area contributed by atoms with Crippen molar-refractivity contribution in [3.05, 3.63) is 29.8 Å². The third-order valence-corrected chi connectivity index (χ3v) is 13.5. The van der Waals surface area contributed by atoms with Crippen molar-refractivity contribution in [1.29, 1.82) is 0 Å². The van der Waals surface area contributed by atoms with E-state index in [1.54, 1.807) is 0 Å². The van der Waals surface area contributed by atoms with Crippen LogP contribution < -0.4 is 3.61 Å². The van der Waals surface area contributed by atoms with Crippen LogP contribution in [0.1, 0.15) is 38.7 Å². The molecule has 4 unspecified atom stereocenters. The van der Waals surface area contributed by atoms with Crippen molar-refractivity contribution in [2.75, 3.05) is 0 Å². The number of halogens is 4. The van der Waals surface area contributed by atoms with Crippen LogP contribution in [0, 0.1) is 16.7 Å². The van der Waals surface area contributed by atoms with Crippen molar-refractivity contribution in [1.82, 2.24) is 0 Å². The topological polar surface area (TPSA) is 9.23 Å². The molecule has 0 radical (unpaired) electrons. The van der Waals surface area contributed by atoms with Crippen LogP contribution in [0.3, 0.4) is 0 Å². The van der Waals surface area contributed by atoms with Gasteiger partial charge in [0.2, 0.25) is 0 Å². The van der Waals surface area contributed by atoms with Gasteiger partial charge in [-0.15, -0.1) is 0 Å².